The standard InChI is InChI=1S/C14H19BrN2O2/c1-11-8-17(13-5-12(15)6-16-7-13)9-14(19-11)3-2-4-18-10-14/h5-7,11H,2-4,8-10H2,1H3/t11-,14-/m0/s1. The second-order valence-electron chi connectivity index (χ2n) is 5.51. The van der Waals surface area contributed by atoms with Gasteiger partial charge in [0, 0.05) is 30.4 Å². The number of hydrogen-bond acceptors (Lipinski definition) is 4. The highest BCUT2D eigenvalue weighted by Crippen LogP contribution is 2.32. The topological polar surface area (TPSA) is 34.6 Å². The van der Waals surface area contributed by atoms with E-state index in [1.807, 2.05) is 12.4 Å². The Morgan fingerprint density at radius 1 is 1.47 bits per heavy atom. The summed E-state index contributed by atoms with van der Waals surface area (Å²) in [5.41, 5.74) is 1.01. The number of rotatable bonds is 1. The summed E-state index contributed by atoms with van der Waals surface area (Å²) in [6, 6.07) is 2.11. The number of halogens is 1. The maximum absolute atomic E-state index is 6.20. The van der Waals surface area contributed by atoms with Crippen molar-refractivity contribution in [2.45, 2.75) is 31.5 Å². The third kappa shape index (κ3) is 2.93. The molecule has 1 spiro atoms. The average molecular weight is 327 g/mol. The minimum absolute atomic E-state index is 0.141. The number of ether oxygens (including phenoxy) is 2. The van der Waals surface area contributed by atoms with Gasteiger partial charge in [-0.25, -0.2) is 0 Å². The van der Waals surface area contributed by atoms with Crippen molar-refractivity contribution in [2.75, 3.05) is 31.2 Å². The molecule has 19 heavy (non-hydrogen) atoms. The Balaban J connectivity index is 1.82. The van der Waals surface area contributed by atoms with Crippen LogP contribution in [0.4, 0.5) is 5.69 Å². The fourth-order valence-corrected chi connectivity index (χ4v) is 3.39. The van der Waals surface area contributed by atoms with Crippen molar-refractivity contribution >= 4 is 21.6 Å². The Kier molecular flexibility index (Phi) is 3.78. The molecule has 0 unspecified atom stereocenters. The van der Waals surface area contributed by atoms with Crippen molar-refractivity contribution in [1.82, 2.24) is 4.98 Å². The summed E-state index contributed by atoms with van der Waals surface area (Å²) in [5.74, 6) is 0. The first-order valence-electron chi connectivity index (χ1n) is 6.78. The van der Waals surface area contributed by atoms with E-state index in [0.717, 1.165) is 42.7 Å². The van der Waals surface area contributed by atoms with Gasteiger partial charge in [0.2, 0.25) is 0 Å². The summed E-state index contributed by atoms with van der Waals surface area (Å²) < 4.78 is 12.9. The van der Waals surface area contributed by atoms with Gasteiger partial charge in [-0.2, -0.15) is 0 Å². The number of anilines is 1. The smallest absolute Gasteiger partial charge is 0.109 e. The predicted octanol–water partition coefficient (Wildman–Crippen LogP) is 2.62. The van der Waals surface area contributed by atoms with Crippen LogP contribution in [0.1, 0.15) is 19.8 Å². The van der Waals surface area contributed by atoms with Crippen LogP contribution in [0.3, 0.4) is 0 Å². The number of morpholine rings is 1. The molecule has 0 radical (unpaired) electrons. The van der Waals surface area contributed by atoms with E-state index in [1.165, 1.54) is 0 Å². The number of aromatic nitrogens is 1. The molecule has 0 amide bonds. The summed E-state index contributed by atoms with van der Waals surface area (Å²) in [6.07, 6.45) is 6.11. The Hall–Kier alpha value is -0.650. The molecule has 3 heterocycles. The van der Waals surface area contributed by atoms with Gasteiger partial charge in [0.15, 0.2) is 0 Å². The summed E-state index contributed by atoms with van der Waals surface area (Å²) in [4.78, 5) is 6.62. The summed E-state index contributed by atoms with van der Waals surface area (Å²) in [7, 11) is 0. The maximum Gasteiger partial charge on any atom is 0.109 e. The van der Waals surface area contributed by atoms with Crippen LogP contribution in [0.5, 0.6) is 0 Å². The zero-order valence-electron chi connectivity index (χ0n) is 11.1. The molecule has 0 bridgehead atoms. The lowest BCUT2D eigenvalue weighted by Gasteiger charge is -2.48. The molecule has 0 saturated carbocycles. The molecule has 0 aromatic carbocycles. The molecule has 5 heteroatoms. The Morgan fingerprint density at radius 2 is 2.37 bits per heavy atom. The van der Waals surface area contributed by atoms with Crippen molar-refractivity contribution in [3.8, 4) is 0 Å². The molecule has 2 aliphatic heterocycles. The zero-order chi connectivity index (χ0) is 13.3. The third-order valence-corrected chi connectivity index (χ3v) is 4.18. The van der Waals surface area contributed by atoms with Crippen LogP contribution >= 0.6 is 15.9 Å². The van der Waals surface area contributed by atoms with Gasteiger partial charge in [0.05, 0.1) is 24.6 Å². The number of pyridine rings is 1. The molecule has 4 nitrogen and oxygen atoms in total. The van der Waals surface area contributed by atoms with E-state index in [-0.39, 0.29) is 11.7 Å². The fourth-order valence-electron chi connectivity index (χ4n) is 3.04. The second-order valence-corrected chi connectivity index (χ2v) is 6.43. The van der Waals surface area contributed by atoms with E-state index in [4.69, 9.17) is 9.47 Å². The predicted molar refractivity (Wildman–Crippen MR) is 77.5 cm³/mol. The van der Waals surface area contributed by atoms with Gasteiger partial charge in [-0.15, -0.1) is 0 Å². The van der Waals surface area contributed by atoms with Crippen LogP contribution in [0.15, 0.2) is 22.9 Å². The van der Waals surface area contributed by atoms with Gasteiger partial charge >= 0.3 is 0 Å². The highest BCUT2D eigenvalue weighted by molar-refractivity contribution is 9.10. The van der Waals surface area contributed by atoms with E-state index >= 15 is 0 Å². The van der Waals surface area contributed by atoms with Crippen LogP contribution in [0.2, 0.25) is 0 Å². The first kappa shape index (κ1) is 13.3. The van der Waals surface area contributed by atoms with Gasteiger partial charge in [-0.1, -0.05) is 0 Å². The van der Waals surface area contributed by atoms with Crippen molar-refractivity contribution in [1.29, 1.82) is 0 Å². The van der Waals surface area contributed by atoms with Gasteiger partial charge in [-0.05, 0) is 41.8 Å². The molecule has 2 aliphatic rings. The van der Waals surface area contributed by atoms with Crippen molar-refractivity contribution in [3.63, 3.8) is 0 Å². The van der Waals surface area contributed by atoms with Gasteiger partial charge in [0.25, 0.3) is 0 Å². The maximum atomic E-state index is 6.20. The number of hydrogen-bond donors (Lipinski definition) is 0. The van der Waals surface area contributed by atoms with E-state index in [2.05, 4.69) is 38.8 Å². The normalized spacial score (nSPS) is 31.7. The molecule has 104 valence electrons. The molecule has 1 aromatic heterocycles. The molecule has 2 saturated heterocycles. The van der Waals surface area contributed by atoms with Crippen LogP contribution < -0.4 is 4.90 Å². The van der Waals surface area contributed by atoms with E-state index in [9.17, 15) is 0 Å². The summed E-state index contributed by atoms with van der Waals surface area (Å²) in [5, 5.41) is 0. The fraction of sp³-hybridized carbons (Fsp3) is 0.643. The summed E-state index contributed by atoms with van der Waals surface area (Å²) >= 11 is 3.49. The van der Waals surface area contributed by atoms with Crippen molar-refractivity contribution in [2.24, 2.45) is 0 Å². The SMILES string of the molecule is C[C@H]1CN(c2cncc(Br)c2)C[C@]2(CCCOC2)O1. The van der Waals surface area contributed by atoms with Crippen molar-refractivity contribution < 1.29 is 9.47 Å². The lowest BCUT2D eigenvalue weighted by atomic mass is 9.93. The van der Waals surface area contributed by atoms with Crippen molar-refractivity contribution in [3.05, 3.63) is 22.9 Å². The van der Waals surface area contributed by atoms with Crippen LogP contribution in [-0.4, -0.2) is 43.0 Å². The zero-order valence-corrected chi connectivity index (χ0v) is 12.7. The van der Waals surface area contributed by atoms with Crippen LogP contribution in [-0.2, 0) is 9.47 Å². The van der Waals surface area contributed by atoms with Gasteiger partial charge in [-0.3, -0.25) is 4.98 Å². The molecule has 2 atom stereocenters. The first-order valence-corrected chi connectivity index (χ1v) is 7.57. The van der Waals surface area contributed by atoms with E-state index in [1.54, 1.807) is 0 Å². The third-order valence-electron chi connectivity index (χ3n) is 3.75. The highest BCUT2D eigenvalue weighted by Gasteiger charge is 2.41. The first-order chi connectivity index (χ1) is 9.17. The molecule has 2 fully saturated rings. The Labute approximate surface area is 122 Å². The molecular weight excluding hydrogens is 308 g/mol. The molecule has 0 N–H and O–H groups in total. The minimum Gasteiger partial charge on any atom is -0.378 e. The van der Waals surface area contributed by atoms with Crippen LogP contribution in [0.25, 0.3) is 0 Å². The van der Waals surface area contributed by atoms with Crippen LogP contribution in [0, 0.1) is 0 Å². The second kappa shape index (κ2) is 5.38. The molecule has 0 aliphatic carbocycles. The number of nitrogens with zero attached hydrogens (tertiary/aromatic N) is 2. The minimum atomic E-state index is -0.141. The largest absolute Gasteiger partial charge is 0.378 e. The monoisotopic (exact) mass is 326 g/mol. The summed E-state index contributed by atoms with van der Waals surface area (Å²) in [6.45, 7) is 5.48. The highest BCUT2D eigenvalue weighted by atomic mass is 79.9. The average Bonchev–Trinajstić information content (AvgIpc) is 2.38. The van der Waals surface area contributed by atoms with E-state index < -0.39 is 0 Å². The lowest BCUT2D eigenvalue weighted by molar-refractivity contribution is -0.160. The Bertz CT molecular complexity index is 449. The molecule has 3 rings (SSSR count). The van der Waals surface area contributed by atoms with Gasteiger partial charge < -0.3 is 14.4 Å². The molecule has 1 aromatic rings. The Morgan fingerprint density at radius 3 is 3.11 bits per heavy atom. The lowest BCUT2D eigenvalue weighted by Crippen LogP contribution is -2.58. The van der Waals surface area contributed by atoms with E-state index in [0.29, 0.717) is 6.61 Å². The quantitative estimate of drug-likeness (QED) is 0.794. The molecular formula is C14H19BrN2O2. The van der Waals surface area contributed by atoms with Gasteiger partial charge in [0.1, 0.15) is 5.60 Å².